The Bertz CT molecular complexity index is 1620. The van der Waals surface area contributed by atoms with Gasteiger partial charge in [0.2, 0.25) is 11.2 Å². The SMILES string of the molecule is CCOc1c(OC)cccc1[C@@H]1CC(=O)Oc2cc(O)c3c(=O)c(O)c(-c4ccc(O)c(O)c4)oc3c21. The van der Waals surface area contributed by atoms with Crippen molar-refractivity contribution in [1.82, 2.24) is 0 Å². The van der Waals surface area contributed by atoms with Crippen LogP contribution in [-0.2, 0) is 4.79 Å². The highest BCUT2D eigenvalue weighted by molar-refractivity contribution is 5.94. The number of fused-ring (bicyclic) bond motifs is 3. The molecule has 0 saturated heterocycles. The van der Waals surface area contributed by atoms with Gasteiger partial charge < -0.3 is 39.1 Å². The van der Waals surface area contributed by atoms with Gasteiger partial charge in [-0.2, -0.15) is 0 Å². The number of ether oxygens (including phenoxy) is 3. The smallest absolute Gasteiger partial charge is 0.312 e. The van der Waals surface area contributed by atoms with E-state index in [0.717, 1.165) is 12.1 Å². The van der Waals surface area contributed by atoms with Crippen LogP contribution in [-0.4, -0.2) is 40.1 Å². The van der Waals surface area contributed by atoms with Gasteiger partial charge in [-0.3, -0.25) is 9.59 Å². The van der Waals surface area contributed by atoms with Gasteiger partial charge in [-0.05, 0) is 31.2 Å². The number of esters is 1. The maximum absolute atomic E-state index is 13.2. The summed E-state index contributed by atoms with van der Waals surface area (Å²) >= 11 is 0. The summed E-state index contributed by atoms with van der Waals surface area (Å²) in [6, 6.07) is 9.93. The summed E-state index contributed by atoms with van der Waals surface area (Å²) in [6.07, 6.45) is -0.139. The normalized spacial score (nSPS) is 14.8. The van der Waals surface area contributed by atoms with Crippen LogP contribution in [0, 0.1) is 0 Å². The minimum Gasteiger partial charge on any atom is -0.507 e. The van der Waals surface area contributed by atoms with Crippen LogP contribution in [0.15, 0.2) is 51.7 Å². The highest BCUT2D eigenvalue weighted by Gasteiger charge is 2.36. The Morgan fingerprint density at radius 3 is 2.49 bits per heavy atom. The molecule has 3 aromatic carbocycles. The van der Waals surface area contributed by atoms with E-state index in [4.69, 9.17) is 18.6 Å². The van der Waals surface area contributed by atoms with Crippen LogP contribution in [0.5, 0.6) is 40.2 Å². The number of para-hydroxylation sites is 1. The lowest BCUT2D eigenvalue weighted by atomic mass is 9.84. The van der Waals surface area contributed by atoms with Gasteiger partial charge in [0, 0.05) is 28.7 Å². The van der Waals surface area contributed by atoms with Gasteiger partial charge in [-0.15, -0.1) is 0 Å². The molecule has 0 unspecified atom stereocenters. The van der Waals surface area contributed by atoms with Crippen molar-refractivity contribution in [3.05, 3.63) is 63.8 Å². The predicted octanol–water partition coefficient (Wildman–Crippen LogP) is 4.13. The Kier molecular flexibility index (Phi) is 5.79. The first kappa shape index (κ1) is 23.9. The molecule has 2 heterocycles. The second-order valence-electron chi connectivity index (χ2n) is 8.37. The predicted molar refractivity (Wildman–Crippen MR) is 131 cm³/mol. The lowest BCUT2D eigenvalue weighted by molar-refractivity contribution is -0.135. The van der Waals surface area contributed by atoms with Gasteiger partial charge in [-0.1, -0.05) is 12.1 Å². The van der Waals surface area contributed by atoms with Crippen LogP contribution in [0.25, 0.3) is 22.3 Å². The maximum Gasteiger partial charge on any atom is 0.312 e. The Labute approximate surface area is 209 Å². The molecule has 0 radical (unpaired) electrons. The zero-order valence-electron chi connectivity index (χ0n) is 19.8. The quantitative estimate of drug-likeness (QED) is 0.176. The molecule has 1 aliphatic rings. The number of hydrogen-bond donors (Lipinski definition) is 4. The number of hydrogen-bond acceptors (Lipinski definition) is 10. The molecule has 10 nitrogen and oxygen atoms in total. The van der Waals surface area contributed by atoms with Crippen LogP contribution in [0.3, 0.4) is 0 Å². The molecule has 4 N–H and O–H groups in total. The fraction of sp³-hybridized carbons (Fsp3) is 0.185. The van der Waals surface area contributed by atoms with Gasteiger partial charge in [0.25, 0.3) is 0 Å². The zero-order valence-corrected chi connectivity index (χ0v) is 19.8. The first-order valence-corrected chi connectivity index (χ1v) is 11.3. The lowest BCUT2D eigenvalue weighted by Gasteiger charge is -2.28. The highest BCUT2D eigenvalue weighted by atomic mass is 16.5. The van der Waals surface area contributed by atoms with E-state index in [1.807, 2.05) is 0 Å². The molecule has 5 rings (SSSR count). The van der Waals surface area contributed by atoms with Crippen LogP contribution in [0.1, 0.15) is 30.4 Å². The number of aromatic hydroxyl groups is 4. The number of carbonyl (C=O) groups is 1. The van der Waals surface area contributed by atoms with Gasteiger partial charge >= 0.3 is 5.97 Å². The van der Waals surface area contributed by atoms with Crippen molar-refractivity contribution in [2.75, 3.05) is 13.7 Å². The number of rotatable bonds is 5. The molecule has 1 aliphatic heterocycles. The third-order valence-corrected chi connectivity index (χ3v) is 6.20. The molecule has 0 amide bonds. The monoisotopic (exact) mass is 506 g/mol. The Morgan fingerprint density at radius 2 is 1.78 bits per heavy atom. The van der Waals surface area contributed by atoms with E-state index < -0.39 is 40.3 Å². The molecule has 0 fully saturated rings. The minimum atomic E-state index is -0.935. The molecule has 4 aromatic rings. The van der Waals surface area contributed by atoms with E-state index in [-0.39, 0.29) is 40.0 Å². The topological polar surface area (TPSA) is 156 Å². The third-order valence-electron chi connectivity index (χ3n) is 6.20. The molecular weight excluding hydrogens is 484 g/mol. The van der Waals surface area contributed by atoms with E-state index in [0.29, 0.717) is 23.7 Å². The number of carbonyl (C=O) groups excluding carboxylic acids is 1. The van der Waals surface area contributed by atoms with E-state index >= 15 is 0 Å². The Morgan fingerprint density at radius 1 is 1.00 bits per heavy atom. The van der Waals surface area contributed by atoms with Gasteiger partial charge in [0.15, 0.2) is 28.8 Å². The van der Waals surface area contributed by atoms with Crippen molar-refractivity contribution in [3.8, 4) is 51.6 Å². The van der Waals surface area contributed by atoms with E-state index in [2.05, 4.69) is 0 Å². The summed E-state index contributed by atoms with van der Waals surface area (Å²) in [5, 5.41) is 40.6. The average molecular weight is 506 g/mol. The summed E-state index contributed by atoms with van der Waals surface area (Å²) in [7, 11) is 1.49. The molecule has 0 bridgehead atoms. The highest BCUT2D eigenvalue weighted by Crippen LogP contribution is 2.50. The zero-order chi connectivity index (χ0) is 26.4. The fourth-order valence-corrected chi connectivity index (χ4v) is 4.57. The van der Waals surface area contributed by atoms with Crippen molar-refractivity contribution < 1.29 is 43.8 Å². The summed E-state index contributed by atoms with van der Waals surface area (Å²) in [5.74, 6) is -3.09. The third kappa shape index (κ3) is 3.83. The summed E-state index contributed by atoms with van der Waals surface area (Å²) in [4.78, 5) is 25.8. The summed E-state index contributed by atoms with van der Waals surface area (Å²) in [6.45, 7) is 2.11. The molecule has 10 heteroatoms. The number of phenolic OH excluding ortho intramolecular Hbond substituents is 3. The first-order valence-electron chi connectivity index (χ1n) is 11.3. The van der Waals surface area contributed by atoms with Gasteiger partial charge in [-0.25, -0.2) is 0 Å². The van der Waals surface area contributed by atoms with E-state index in [9.17, 15) is 30.0 Å². The van der Waals surface area contributed by atoms with Crippen molar-refractivity contribution in [3.63, 3.8) is 0 Å². The van der Waals surface area contributed by atoms with Crippen molar-refractivity contribution in [2.45, 2.75) is 19.3 Å². The standard InChI is InChI=1S/C27H22O10/c1-3-35-26-13(5-4-6-18(26)34-2)14-10-20(31)36-19-11-17(30)22-23(32)24(33)25(37-27(22)21(14)19)12-7-8-15(28)16(29)9-12/h4-9,11,14,28-30,33H,3,10H2,1-2H3/t14-/m0/s1. The van der Waals surface area contributed by atoms with Crippen molar-refractivity contribution in [1.29, 1.82) is 0 Å². The van der Waals surface area contributed by atoms with Crippen LogP contribution in [0.4, 0.5) is 0 Å². The lowest BCUT2D eigenvalue weighted by Crippen LogP contribution is -2.22. The number of methoxy groups -OCH3 is 1. The van der Waals surface area contributed by atoms with E-state index in [1.165, 1.54) is 19.2 Å². The molecule has 1 atom stereocenters. The average Bonchev–Trinajstić information content (AvgIpc) is 2.87. The molecular formula is C27H22O10. The number of benzene rings is 3. The molecule has 190 valence electrons. The number of phenols is 3. The summed E-state index contributed by atoms with van der Waals surface area (Å²) in [5.41, 5.74) is -0.128. The molecule has 37 heavy (non-hydrogen) atoms. The second kappa shape index (κ2) is 8.98. The minimum absolute atomic E-state index is 0.0233. The fourth-order valence-electron chi connectivity index (χ4n) is 4.57. The van der Waals surface area contributed by atoms with Crippen LogP contribution >= 0.6 is 0 Å². The van der Waals surface area contributed by atoms with Crippen LogP contribution < -0.4 is 19.6 Å². The second-order valence-corrected chi connectivity index (χ2v) is 8.37. The molecule has 0 aliphatic carbocycles. The van der Waals surface area contributed by atoms with Gasteiger partial charge in [0.1, 0.15) is 22.5 Å². The maximum atomic E-state index is 13.2. The Hall–Kier alpha value is -4.86. The van der Waals surface area contributed by atoms with Crippen molar-refractivity contribution in [2.24, 2.45) is 0 Å². The molecule has 0 spiro atoms. The summed E-state index contributed by atoms with van der Waals surface area (Å²) < 4.78 is 22.7. The van der Waals surface area contributed by atoms with Crippen molar-refractivity contribution >= 4 is 16.9 Å². The van der Waals surface area contributed by atoms with Crippen LogP contribution in [0.2, 0.25) is 0 Å². The largest absolute Gasteiger partial charge is 0.507 e. The molecule has 0 saturated carbocycles. The first-order chi connectivity index (χ1) is 17.7. The Balaban J connectivity index is 1.86. The van der Waals surface area contributed by atoms with Gasteiger partial charge in [0.05, 0.1) is 20.1 Å². The molecule has 1 aromatic heterocycles. The van der Waals surface area contributed by atoms with E-state index in [1.54, 1.807) is 25.1 Å².